The van der Waals surface area contributed by atoms with Crippen molar-refractivity contribution in [3.05, 3.63) is 10.9 Å². The monoisotopic (exact) mass is 293 g/mol. The summed E-state index contributed by atoms with van der Waals surface area (Å²) in [5, 5.41) is 4.39. The Hall–Kier alpha value is -1.44. The van der Waals surface area contributed by atoms with Gasteiger partial charge in [-0.1, -0.05) is 0 Å². The summed E-state index contributed by atoms with van der Waals surface area (Å²) in [5.74, 6) is 1.11. The number of morpholine rings is 1. The third kappa shape index (κ3) is 2.84. The molecule has 3 N–H and O–H groups in total. The number of anilines is 2. The molecule has 3 rings (SSSR count). The van der Waals surface area contributed by atoms with Gasteiger partial charge in [-0.15, -0.1) is 11.3 Å². The Bertz CT molecular complexity index is 614. The van der Waals surface area contributed by atoms with Crippen molar-refractivity contribution in [3.8, 4) is 0 Å². The summed E-state index contributed by atoms with van der Waals surface area (Å²) in [6.07, 6.45) is 0.180. The van der Waals surface area contributed by atoms with Crippen LogP contribution in [0, 0.1) is 6.92 Å². The number of nitrogens with zero attached hydrogens (tertiary/aromatic N) is 3. The van der Waals surface area contributed by atoms with E-state index < -0.39 is 0 Å². The zero-order chi connectivity index (χ0) is 14.1. The van der Waals surface area contributed by atoms with Crippen LogP contribution in [0.15, 0.2) is 6.07 Å². The van der Waals surface area contributed by atoms with Gasteiger partial charge >= 0.3 is 0 Å². The number of nitrogen functional groups attached to an aromatic ring is 1. The molecule has 0 spiro atoms. The fraction of sp³-hybridized carbons (Fsp3) is 0.538. The molecule has 0 aromatic carbocycles. The second kappa shape index (κ2) is 5.51. The average Bonchev–Trinajstić information content (AvgIpc) is 2.76. The first kappa shape index (κ1) is 13.5. The second-order valence-corrected chi connectivity index (χ2v) is 6.38. The van der Waals surface area contributed by atoms with E-state index in [0.717, 1.165) is 42.3 Å². The van der Waals surface area contributed by atoms with Crippen molar-refractivity contribution in [2.24, 2.45) is 0 Å². The lowest BCUT2D eigenvalue weighted by Crippen LogP contribution is -2.43. The highest BCUT2D eigenvalue weighted by Crippen LogP contribution is 2.29. The van der Waals surface area contributed by atoms with E-state index in [1.54, 1.807) is 11.3 Å². The third-order valence-corrected chi connectivity index (χ3v) is 4.32. The maximum Gasteiger partial charge on any atom is 0.223 e. The maximum atomic E-state index is 5.77. The van der Waals surface area contributed by atoms with Gasteiger partial charge in [0.15, 0.2) is 0 Å². The van der Waals surface area contributed by atoms with Gasteiger partial charge in [0.1, 0.15) is 10.6 Å². The largest absolute Gasteiger partial charge is 0.374 e. The Morgan fingerprint density at radius 1 is 1.55 bits per heavy atom. The number of fused-ring (bicyclic) bond motifs is 1. The molecule has 0 bridgehead atoms. The topological polar surface area (TPSA) is 76.3 Å². The molecular weight excluding hydrogens is 274 g/mol. The van der Waals surface area contributed by atoms with E-state index in [-0.39, 0.29) is 6.10 Å². The molecule has 0 saturated carbocycles. The van der Waals surface area contributed by atoms with E-state index in [1.165, 1.54) is 4.88 Å². The van der Waals surface area contributed by atoms with Crippen LogP contribution in [0.1, 0.15) is 4.88 Å². The molecule has 2 aromatic rings. The van der Waals surface area contributed by atoms with Gasteiger partial charge in [0.25, 0.3) is 0 Å². The highest BCUT2D eigenvalue weighted by Gasteiger charge is 2.18. The van der Waals surface area contributed by atoms with Crippen LogP contribution in [0.4, 0.5) is 11.8 Å². The van der Waals surface area contributed by atoms with Crippen molar-refractivity contribution >= 4 is 33.3 Å². The Morgan fingerprint density at radius 2 is 2.40 bits per heavy atom. The van der Waals surface area contributed by atoms with Gasteiger partial charge in [-0.25, -0.2) is 4.98 Å². The quantitative estimate of drug-likeness (QED) is 0.889. The van der Waals surface area contributed by atoms with E-state index in [2.05, 4.69) is 40.2 Å². The summed E-state index contributed by atoms with van der Waals surface area (Å²) < 4.78 is 5.74. The van der Waals surface area contributed by atoms with Crippen LogP contribution in [0.25, 0.3) is 10.2 Å². The Morgan fingerprint density at radius 3 is 3.20 bits per heavy atom. The summed E-state index contributed by atoms with van der Waals surface area (Å²) in [6, 6.07) is 2.09. The van der Waals surface area contributed by atoms with Crippen LogP contribution in [-0.4, -0.2) is 54.3 Å². The first-order valence-electron chi connectivity index (χ1n) is 6.69. The van der Waals surface area contributed by atoms with Crippen molar-refractivity contribution in [2.75, 3.05) is 44.3 Å². The fourth-order valence-corrected chi connectivity index (χ4v) is 3.28. The van der Waals surface area contributed by atoms with Crippen molar-refractivity contribution in [3.63, 3.8) is 0 Å². The van der Waals surface area contributed by atoms with E-state index in [0.29, 0.717) is 5.95 Å². The third-order valence-electron chi connectivity index (χ3n) is 3.37. The molecule has 1 atom stereocenters. The van der Waals surface area contributed by atoms with Crippen molar-refractivity contribution in [1.29, 1.82) is 0 Å². The second-order valence-electron chi connectivity index (χ2n) is 5.14. The van der Waals surface area contributed by atoms with Gasteiger partial charge in [0.05, 0.1) is 18.1 Å². The zero-order valence-corrected chi connectivity index (χ0v) is 12.5. The highest BCUT2D eigenvalue weighted by atomic mass is 32.1. The summed E-state index contributed by atoms with van der Waals surface area (Å²) in [4.78, 5) is 13.0. The molecule has 2 aromatic heterocycles. The van der Waals surface area contributed by atoms with Crippen molar-refractivity contribution < 1.29 is 4.74 Å². The lowest BCUT2D eigenvalue weighted by atomic mass is 10.2. The summed E-state index contributed by atoms with van der Waals surface area (Å²) in [5.41, 5.74) is 5.77. The van der Waals surface area contributed by atoms with Crippen LogP contribution >= 0.6 is 11.3 Å². The Kier molecular flexibility index (Phi) is 3.73. The molecular formula is C13H19N5OS. The minimum atomic E-state index is 0.180. The van der Waals surface area contributed by atoms with Gasteiger partial charge in [-0.2, -0.15) is 4.98 Å². The van der Waals surface area contributed by atoms with E-state index >= 15 is 0 Å². The minimum absolute atomic E-state index is 0.180. The van der Waals surface area contributed by atoms with Crippen LogP contribution in [0.5, 0.6) is 0 Å². The van der Waals surface area contributed by atoms with Crippen molar-refractivity contribution in [1.82, 2.24) is 14.9 Å². The number of nitrogens with two attached hydrogens (primary N) is 1. The molecule has 1 unspecified atom stereocenters. The summed E-state index contributed by atoms with van der Waals surface area (Å²) >= 11 is 1.63. The van der Waals surface area contributed by atoms with Crippen LogP contribution in [0.2, 0.25) is 0 Å². The van der Waals surface area contributed by atoms with Gasteiger partial charge in [-0.3, -0.25) is 0 Å². The molecule has 0 aliphatic carbocycles. The molecule has 3 heterocycles. The molecule has 0 amide bonds. The number of ether oxygens (including phenoxy) is 1. The van der Waals surface area contributed by atoms with E-state index in [1.807, 2.05) is 0 Å². The SMILES string of the molecule is Cc1cc2c(NCC3CN(C)CCO3)nc(N)nc2s1. The summed E-state index contributed by atoms with van der Waals surface area (Å²) in [6.45, 7) is 5.49. The highest BCUT2D eigenvalue weighted by molar-refractivity contribution is 7.18. The minimum Gasteiger partial charge on any atom is -0.374 e. The lowest BCUT2D eigenvalue weighted by molar-refractivity contribution is -0.0117. The fourth-order valence-electron chi connectivity index (χ4n) is 2.39. The number of hydrogen-bond donors (Lipinski definition) is 2. The normalized spacial score (nSPS) is 20.4. The predicted octanol–water partition coefficient (Wildman–Crippen LogP) is 1.32. The molecule has 6 nitrogen and oxygen atoms in total. The first-order valence-corrected chi connectivity index (χ1v) is 7.51. The number of aromatic nitrogens is 2. The van der Waals surface area contributed by atoms with Gasteiger partial charge in [0.2, 0.25) is 5.95 Å². The zero-order valence-electron chi connectivity index (χ0n) is 11.7. The number of aryl methyl sites for hydroxylation is 1. The van der Waals surface area contributed by atoms with E-state index in [4.69, 9.17) is 10.5 Å². The summed E-state index contributed by atoms with van der Waals surface area (Å²) in [7, 11) is 2.11. The predicted molar refractivity (Wildman–Crippen MR) is 82.3 cm³/mol. The molecule has 7 heteroatoms. The van der Waals surface area contributed by atoms with E-state index in [9.17, 15) is 0 Å². The smallest absolute Gasteiger partial charge is 0.223 e. The molecule has 1 saturated heterocycles. The number of nitrogens with one attached hydrogen (secondary N) is 1. The molecule has 1 fully saturated rings. The number of rotatable bonds is 3. The average molecular weight is 293 g/mol. The maximum absolute atomic E-state index is 5.77. The molecule has 108 valence electrons. The van der Waals surface area contributed by atoms with Crippen LogP contribution in [0.3, 0.4) is 0 Å². The standard InChI is InChI=1S/C13H19N5OS/c1-8-5-10-11(16-13(14)17-12(10)20-8)15-6-9-7-18(2)3-4-19-9/h5,9H,3-4,6-7H2,1-2H3,(H3,14,15,16,17). The Labute approximate surface area is 122 Å². The molecule has 1 aliphatic heterocycles. The molecule has 20 heavy (non-hydrogen) atoms. The lowest BCUT2D eigenvalue weighted by Gasteiger charge is -2.30. The molecule has 1 aliphatic rings. The van der Waals surface area contributed by atoms with Gasteiger partial charge in [0, 0.05) is 24.5 Å². The Balaban J connectivity index is 1.76. The first-order chi connectivity index (χ1) is 9.61. The van der Waals surface area contributed by atoms with Crippen molar-refractivity contribution in [2.45, 2.75) is 13.0 Å². The van der Waals surface area contributed by atoms with Crippen LogP contribution in [-0.2, 0) is 4.74 Å². The number of hydrogen-bond acceptors (Lipinski definition) is 7. The van der Waals surface area contributed by atoms with Gasteiger partial charge in [-0.05, 0) is 20.0 Å². The van der Waals surface area contributed by atoms with Crippen LogP contribution < -0.4 is 11.1 Å². The van der Waals surface area contributed by atoms with Gasteiger partial charge < -0.3 is 20.7 Å². The number of likely N-dealkylation sites (N-methyl/N-ethyl adjacent to an activating group) is 1. The number of thiophene rings is 1. The molecule has 0 radical (unpaired) electrons.